The molecule has 0 aliphatic heterocycles. The molecule has 7 heteroatoms. The van der Waals surface area contributed by atoms with Gasteiger partial charge in [0.1, 0.15) is 0 Å². The summed E-state index contributed by atoms with van der Waals surface area (Å²) in [5.74, 6) is 0.458. The van der Waals surface area contributed by atoms with E-state index in [4.69, 9.17) is 4.74 Å². The Morgan fingerprint density at radius 1 is 1.11 bits per heavy atom. The molecule has 0 saturated heterocycles. The van der Waals surface area contributed by atoms with Crippen molar-refractivity contribution < 1.29 is 13.2 Å². The van der Waals surface area contributed by atoms with Crippen molar-refractivity contribution in [2.24, 2.45) is 0 Å². The molecule has 0 atom stereocenters. The van der Waals surface area contributed by atoms with Crippen LogP contribution in [-0.2, 0) is 10.0 Å². The maximum absolute atomic E-state index is 12.0. The minimum absolute atomic E-state index is 0.00127. The van der Waals surface area contributed by atoms with E-state index in [1.807, 2.05) is 6.92 Å². The van der Waals surface area contributed by atoms with Crippen molar-refractivity contribution in [3.8, 4) is 5.75 Å². The number of nitrogens with one attached hydrogen (secondary N) is 1. The molecule has 1 aromatic carbocycles. The van der Waals surface area contributed by atoms with E-state index < -0.39 is 10.0 Å². The Bertz CT molecular complexity index is 652. The van der Waals surface area contributed by atoms with E-state index >= 15 is 0 Å². The van der Waals surface area contributed by atoms with Crippen LogP contribution >= 0.6 is 0 Å². The fraction of sp³-hybridized carbons (Fsp3) is 0.167. The van der Waals surface area contributed by atoms with Crippen molar-refractivity contribution >= 4 is 16.0 Å². The van der Waals surface area contributed by atoms with Crippen LogP contribution in [-0.4, -0.2) is 25.5 Å². The van der Waals surface area contributed by atoms with Gasteiger partial charge in [0.15, 0.2) is 5.75 Å². The number of nitrogens with zero attached hydrogens (tertiary/aromatic N) is 2. The first kappa shape index (κ1) is 13.3. The average Bonchev–Trinajstić information content (AvgIpc) is 2.40. The van der Waals surface area contributed by atoms with Gasteiger partial charge in [-0.15, -0.1) is 0 Å². The molecule has 2 aromatic rings. The predicted octanol–water partition coefficient (Wildman–Crippen LogP) is 1.59. The molecule has 0 bridgehead atoms. The maximum Gasteiger partial charge on any atom is 0.264 e. The van der Waals surface area contributed by atoms with E-state index in [1.54, 1.807) is 12.1 Å². The van der Waals surface area contributed by atoms with Crippen LogP contribution in [0.15, 0.2) is 41.6 Å². The molecular formula is C12H13N3O3S. The first-order valence-corrected chi connectivity index (χ1v) is 6.95. The van der Waals surface area contributed by atoms with Gasteiger partial charge in [-0.3, -0.25) is 0 Å². The monoisotopic (exact) mass is 279 g/mol. The molecule has 0 fully saturated rings. The van der Waals surface area contributed by atoms with Crippen molar-refractivity contribution in [2.45, 2.75) is 11.8 Å². The quantitative estimate of drug-likeness (QED) is 0.919. The predicted molar refractivity (Wildman–Crippen MR) is 70.6 cm³/mol. The van der Waals surface area contributed by atoms with Gasteiger partial charge in [-0.25, -0.2) is 23.1 Å². The van der Waals surface area contributed by atoms with E-state index in [2.05, 4.69) is 14.7 Å². The summed E-state index contributed by atoms with van der Waals surface area (Å²) in [5, 5.41) is 0. The topological polar surface area (TPSA) is 81.2 Å². The van der Waals surface area contributed by atoms with Crippen LogP contribution < -0.4 is 9.46 Å². The molecule has 0 spiro atoms. The Balaban J connectivity index is 2.23. The summed E-state index contributed by atoms with van der Waals surface area (Å²) in [6.45, 7) is 1.89. The molecule has 0 aliphatic carbocycles. The smallest absolute Gasteiger partial charge is 0.264 e. The first-order chi connectivity index (χ1) is 9.01. The highest BCUT2D eigenvalue weighted by atomic mass is 32.2. The third kappa shape index (κ3) is 3.19. The number of benzene rings is 1. The molecule has 6 nitrogen and oxygen atoms in total. The molecular weight excluding hydrogens is 266 g/mol. The van der Waals surface area contributed by atoms with Gasteiger partial charge in [-0.05, 0) is 19.1 Å². The third-order valence-electron chi connectivity index (χ3n) is 2.42. The summed E-state index contributed by atoms with van der Waals surface area (Å²) in [5.41, 5.74) is 0.986. The van der Waals surface area contributed by atoms with Crippen molar-refractivity contribution in [2.75, 3.05) is 11.8 Å². The molecule has 0 aliphatic rings. The summed E-state index contributed by atoms with van der Waals surface area (Å²) < 4.78 is 31.3. The zero-order chi connectivity index (χ0) is 13.9. The molecule has 100 valence electrons. The highest BCUT2D eigenvalue weighted by Gasteiger charge is 2.15. The molecule has 0 unspecified atom stereocenters. The summed E-state index contributed by atoms with van der Waals surface area (Å²) in [7, 11) is -2.18. The van der Waals surface area contributed by atoms with E-state index in [0.29, 0.717) is 5.75 Å². The van der Waals surface area contributed by atoms with E-state index in [0.717, 1.165) is 5.56 Å². The van der Waals surface area contributed by atoms with Gasteiger partial charge < -0.3 is 4.74 Å². The number of aryl methyl sites for hydroxylation is 1. The second-order valence-corrected chi connectivity index (χ2v) is 5.55. The lowest BCUT2D eigenvalue weighted by Gasteiger charge is -2.07. The Hall–Kier alpha value is -2.15. The lowest BCUT2D eigenvalue weighted by molar-refractivity contribution is 0.411. The second kappa shape index (κ2) is 5.23. The van der Waals surface area contributed by atoms with Crippen molar-refractivity contribution in [3.05, 3.63) is 42.2 Å². The molecule has 1 heterocycles. The zero-order valence-electron chi connectivity index (χ0n) is 10.5. The van der Waals surface area contributed by atoms with Crippen LogP contribution in [0.2, 0.25) is 0 Å². The van der Waals surface area contributed by atoms with E-state index in [-0.39, 0.29) is 10.8 Å². The Morgan fingerprint density at radius 2 is 1.68 bits per heavy atom. The Labute approximate surface area is 111 Å². The number of aromatic nitrogens is 2. The largest absolute Gasteiger partial charge is 0.494 e. The van der Waals surface area contributed by atoms with Crippen molar-refractivity contribution in [3.63, 3.8) is 0 Å². The number of anilines is 1. The Morgan fingerprint density at radius 3 is 2.21 bits per heavy atom. The molecule has 19 heavy (non-hydrogen) atoms. The fourth-order valence-corrected chi connectivity index (χ4v) is 2.33. The standard InChI is InChI=1S/C12H13N3O3S/c1-9-3-5-11(6-4-9)19(16,17)15-12-13-7-10(18-2)8-14-12/h3-8H,1-2H3,(H,13,14,15). The number of ether oxygens (including phenoxy) is 1. The van der Waals surface area contributed by atoms with Gasteiger partial charge in [-0.1, -0.05) is 17.7 Å². The summed E-state index contributed by atoms with van der Waals surface area (Å²) in [6, 6.07) is 6.51. The van der Waals surface area contributed by atoms with Gasteiger partial charge in [0.2, 0.25) is 5.95 Å². The van der Waals surface area contributed by atoms with Gasteiger partial charge in [0, 0.05) is 0 Å². The fourth-order valence-electron chi connectivity index (χ4n) is 1.37. The first-order valence-electron chi connectivity index (χ1n) is 5.47. The summed E-state index contributed by atoms with van der Waals surface area (Å²) in [4.78, 5) is 7.87. The van der Waals surface area contributed by atoms with Gasteiger partial charge in [-0.2, -0.15) is 0 Å². The molecule has 1 aromatic heterocycles. The van der Waals surface area contributed by atoms with Crippen LogP contribution in [0.1, 0.15) is 5.56 Å². The van der Waals surface area contributed by atoms with E-state index in [1.165, 1.54) is 31.6 Å². The average molecular weight is 279 g/mol. The SMILES string of the molecule is COc1cnc(NS(=O)(=O)c2ccc(C)cc2)nc1. The van der Waals surface area contributed by atoms with Crippen LogP contribution in [0.5, 0.6) is 5.75 Å². The van der Waals surface area contributed by atoms with E-state index in [9.17, 15) is 8.42 Å². The maximum atomic E-state index is 12.0. The number of hydrogen-bond donors (Lipinski definition) is 1. The number of methoxy groups -OCH3 is 1. The van der Waals surface area contributed by atoms with Crippen LogP contribution in [0.25, 0.3) is 0 Å². The lowest BCUT2D eigenvalue weighted by atomic mass is 10.2. The van der Waals surface area contributed by atoms with Crippen LogP contribution in [0, 0.1) is 6.92 Å². The third-order valence-corrected chi connectivity index (χ3v) is 3.76. The molecule has 1 N–H and O–H groups in total. The van der Waals surface area contributed by atoms with Crippen molar-refractivity contribution in [1.82, 2.24) is 9.97 Å². The van der Waals surface area contributed by atoms with Crippen LogP contribution in [0.3, 0.4) is 0 Å². The summed E-state index contributed by atoms with van der Waals surface area (Å²) >= 11 is 0. The zero-order valence-corrected chi connectivity index (χ0v) is 11.3. The molecule has 0 amide bonds. The summed E-state index contributed by atoms with van der Waals surface area (Å²) in [6.07, 6.45) is 2.78. The minimum Gasteiger partial charge on any atom is -0.494 e. The van der Waals surface area contributed by atoms with Crippen molar-refractivity contribution in [1.29, 1.82) is 0 Å². The van der Waals surface area contributed by atoms with Gasteiger partial charge in [0.05, 0.1) is 24.4 Å². The number of hydrogen-bond acceptors (Lipinski definition) is 5. The highest BCUT2D eigenvalue weighted by Crippen LogP contribution is 2.14. The minimum atomic E-state index is -3.67. The molecule has 0 radical (unpaired) electrons. The Kier molecular flexibility index (Phi) is 3.66. The second-order valence-electron chi connectivity index (χ2n) is 3.87. The van der Waals surface area contributed by atoms with Gasteiger partial charge in [0.25, 0.3) is 10.0 Å². The van der Waals surface area contributed by atoms with Gasteiger partial charge >= 0.3 is 0 Å². The number of sulfonamides is 1. The molecule has 0 saturated carbocycles. The normalized spacial score (nSPS) is 11.1. The molecule has 2 rings (SSSR count). The number of rotatable bonds is 4. The van der Waals surface area contributed by atoms with Crippen LogP contribution in [0.4, 0.5) is 5.95 Å². The lowest BCUT2D eigenvalue weighted by Crippen LogP contribution is -2.14. The highest BCUT2D eigenvalue weighted by molar-refractivity contribution is 7.92.